The van der Waals surface area contributed by atoms with E-state index in [0.717, 1.165) is 44.2 Å². The van der Waals surface area contributed by atoms with Crippen LogP contribution in [0.1, 0.15) is 55.6 Å². The normalized spacial score (nSPS) is 19.3. The first-order chi connectivity index (χ1) is 25.4. The first-order valence-electron chi connectivity index (χ1n) is 17.8. The van der Waals surface area contributed by atoms with E-state index in [0.29, 0.717) is 0 Å². The second kappa shape index (κ2) is 14.1. The Morgan fingerprint density at radius 1 is 0.887 bits per heavy atom. The number of benzene rings is 3. The Hall–Kier alpha value is -6.11. The number of alkyl carbamates (subject to hydrolysis) is 1. The number of carbonyl (C=O) groups excluding carboxylic acids is 5. The van der Waals surface area contributed by atoms with Crippen LogP contribution in [0.2, 0.25) is 0 Å². The van der Waals surface area contributed by atoms with Crippen LogP contribution in [-0.4, -0.2) is 74.4 Å². The van der Waals surface area contributed by atoms with Crippen molar-refractivity contribution >= 4 is 51.5 Å². The average Bonchev–Trinajstić information content (AvgIpc) is 3.80. The van der Waals surface area contributed by atoms with Gasteiger partial charge >= 0.3 is 6.09 Å². The van der Waals surface area contributed by atoms with Crippen LogP contribution < -0.4 is 21.7 Å². The maximum absolute atomic E-state index is 14.4. The number of nitrogens with two attached hydrogens (primary N) is 1. The van der Waals surface area contributed by atoms with Crippen molar-refractivity contribution in [3.8, 4) is 0 Å². The molecular formula is C40H43N7O6. The molecule has 0 bridgehead atoms. The standard InChI is InChI=1S/C40H43N7O6/c1-40(2,3)53-39(52)46-30(18-23-21-42-27-15-9-7-13-24(23)27)36(49)45-31-20-32-34-26(25-14-8-10-16-28(25)43-34)19-33(47(32)38(31)51)37(50)44-29(35(41)48)17-22-11-5-4-6-12-22/h4-16,21,29-33,42-43H,17-20H2,1-3H3,(H2,41,48)(H,44,50)(H,45,49)(H,46,52)/t29-,30-,31?,32?,33?/m0/s1. The lowest BCUT2D eigenvalue weighted by atomic mass is 9.91. The molecule has 13 nitrogen and oxygen atoms in total. The zero-order valence-corrected chi connectivity index (χ0v) is 29.8. The molecule has 7 N–H and O–H groups in total. The van der Waals surface area contributed by atoms with Crippen molar-refractivity contribution in [3.05, 3.63) is 107 Å². The average molecular weight is 718 g/mol. The van der Waals surface area contributed by atoms with Crippen LogP contribution in [0.15, 0.2) is 85.1 Å². The number of aromatic nitrogens is 2. The van der Waals surface area contributed by atoms with E-state index in [2.05, 4.69) is 25.9 Å². The molecule has 53 heavy (non-hydrogen) atoms. The number of amides is 5. The van der Waals surface area contributed by atoms with Crippen LogP contribution in [0.4, 0.5) is 4.79 Å². The van der Waals surface area contributed by atoms with Gasteiger partial charge in [-0.05, 0) is 49.6 Å². The molecule has 13 heteroatoms. The van der Waals surface area contributed by atoms with E-state index in [1.165, 1.54) is 4.90 Å². The molecule has 5 atom stereocenters. The van der Waals surface area contributed by atoms with Gasteiger partial charge in [0.15, 0.2) is 0 Å². The number of aromatic amines is 2. The van der Waals surface area contributed by atoms with Gasteiger partial charge < -0.3 is 41.3 Å². The lowest BCUT2D eigenvalue weighted by Gasteiger charge is -2.37. The molecule has 3 unspecified atom stereocenters. The van der Waals surface area contributed by atoms with Crippen molar-refractivity contribution < 1.29 is 28.7 Å². The summed E-state index contributed by atoms with van der Waals surface area (Å²) < 4.78 is 5.49. The predicted octanol–water partition coefficient (Wildman–Crippen LogP) is 3.68. The fourth-order valence-corrected chi connectivity index (χ4v) is 7.55. The van der Waals surface area contributed by atoms with Crippen molar-refractivity contribution in [2.45, 2.75) is 82.3 Å². The lowest BCUT2D eigenvalue weighted by Crippen LogP contribution is -2.58. The molecule has 0 spiro atoms. The second-order valence-electron chi connectivity index (χ2n) is 14.8. The van der Waals surface area contributed by atoms with E-state index in [1.807, 2.05) is 78.9 Å². The molecule has 1 saturated heterocycles. The van der Waals surface area contributed by atoms with Crippen molar-refractivity contribution in [2.75, 3.05) is 0 Å². The number of fused-ring (bicyclic) bond motifs is 6. The minimum atomic E-state index is -1.09. The molecule has 3 aromatic carbocycles. The Morgan fingerprint density at radius 3 is 2.28 bits per heavy atom. The molecule has 5 amide bonds. The summed E-state index contributed by atoms with van der Waals surface area (Å²) in [7, 11) is 0. The van der Waals surface area contributed by atoms with Gasteiger partial charge in [0.25, 0.3) is 0 Å². The van der Waals surface area contributed by atoms with Gasteiger partial charge in [-0.15, -0.1) is 0 Å². The number of para-hydroxylation sites is 2. The van der Waals surface area contributed by atoms with E-state index < -0.39 is 65.5 Å². The molecule has 0 saturated carbocycles. The van der Waals surface area contributed by atoms with E-state index >= 15 is 0 Å². The molecule has 2 aliphatic rings. The molecule has 2 aliphatic heterocycles. The van der Waals surface area contributed by atoms with Gasteiger partial charge in [0.2, 0.25) is 23.6 Å². The first kappa shape index (κ1) is 35.3. The summed E-state index contributed by atoms with van der Waals surface area (Å²) in [5.41, 5.74) is 9.98. The molecule has 2 aromatic heterocycles. The molecule has 274 valence electrons. The van der Waals surface area contributed by atoms with Crippen molar-refractivity contribution in [1.82, 2.24) is 30.8 Å². The number of hydrogen-bond donors (Lipinski definition) is 6. The maximum atomic E-state index is 14.4. The summed E-state index contributed by atoms with van der Waals surface area (Å²) in [5, 5.41) is 10.3. The van der Waals surface area contributed by atoms with Gasteiger partial charge in [-0.3, -0.25) is 19.2 Å². The fourth-order valence-electron chi connectivity index (χ4n) is 7.55. The number of ether oxygens (including phenoxy) is 1. The number of hydrogen-bond acceptors (Lipinski definition) is 6. The van der Waals surface area contributed by atoms with E-state index in [4.69, 9.17) is 10.5 Å². The summed E-state index contributed by atoms with van der Waals surface area (Å²) in [6, 6.07) is 19.9. The molecule has 4 heterocycles. The highest BCUT2D eigenvalue weighted by atomic mass is 16.6. The van der Waals surface area contributed by atoms with Gasteiger partial charge in [0.05, 0.1) is 6.04 Å². The Labute approximate surface area is 306 Å². The van der Waals surface area contributed by atoms with Crippen LogP contribution >= 0.6 is 0 Å². The van der Waals surface area contributed by atoms with Crippen molar-refractivity contribution in [3.63, 3.8) is 0 Å². The largest absolute Gasteiger partial charge is 0.444 e. The monoisotopic (exact) mass is 717 g/mol. The first-order valence-corrected chi connectivity index (χ1v) is 17.8. The van der Waals surface area contributed by atoms with Crippen molar-refractivity contribution in [2.24, 2.45) is 5.73 Å². The van der Waals surface area contributed by atoms with Gasteiger partial charge in [0, 0.05) is 59.4 Å². The minimum absolute atomic E-state index is 0.121. The lowest BCUT2D eigenvalue weighted by molar-refractivity contribution is -0.142. The summed E-state index contributed by atoms with van der Waals surface area (Å²) in [6.07, 6.45) is 1.69. The number of H-pyrrole nitrogens is 2. The van der Waals surface area contributed by atoms with Crippen molar-refractivity contribution in [1.29, 1.82) is 0 Å². The Kier molecular flexibility index (Phi) is 9.41. The third-order valence-electron chi connectivity index (χ3n) is 9.93. The highest BCUT2D eigenvalue weighted by Crippen LogP contribution is 2.43. The quantitative estimate of drug-likeness (QED) is 0.128. The van der Waals surface area contributed by atoms with Crippen LogP contribution in [0, 0.1) is 0 Å². The Balaban J connectivity index is 1.17. The van der Waals surface area contributed by atoms with E-state index in [1.54, 1.807) is 27.0 Å². The number of rotatable bonds is 10. The van der Waals surface area contributed by atoms with Gasteiger partial charge in [-0.1, -0.05) is 66.7 Å². The van der Waals surface area contributed by atoms with E-state index in [9.17, 15) is 24.0 Å². The number of carbonyl (C=O) groups is 5. The molecule has 5 aromatic rings. The Bertz CT molecular complexity index is 2200. The molecule has 1 fully saturated rings. The number of nitrogens with one attached hydrogen (secondary N) is 5. The van der Waals surface area contributed by atoms with Gasteiger partial charge in [-0.25, -0.2) is 4.79 Å². The highest BCUT2D eigenvalue weighted by Gasteiger charge is 2.51. The topological polar surface area (TPSA) is 192 Å². The van der Waals surface area contributed by atoms with Crippen LogP contribution in [0.3, 0.4) is 0 Å². The second-order valence-corrected chi connectivity index (χ2v) is 14.8. The third kappa shape index (κ3) is 7.32. The molecule has 0 aliphatic carbocycles. The maximum Gasteiger partial charge on any atom is 0.408 e. The van der Waals surface area contributed by atoms with Crippen LogP contribution in [0.5, 0.6) is 0 Å². The summed E-state index contributed by atoms with van der Waals surface area (Å²) >= 11 is 0. The summed E-state index contributed by atoms with van der Waals surface area (Å²) in [5.74, 6) is -2.24. The summed E-state index contributed by atoms with van der Waals surface area (Å²) in [4.78, 5) is 76.3. The zero-order valence-electron chi connectivity index (χ0n) is 29.8. The third-order valence-corrected chi connectivity index (χ3v) is 9.93. The molecular weight excluding hydrogens is 674 g/mol. The molecule has 0 radical (unpaired) electrons. The van der Waals surface area contributed by atoms with E-state index in [-0.39, 0.29) is 25.7 Å². The smallest absolute Gasteiger partial charge is 0.408 e. The molecule has 7 rings (SSSR count). The zero-order chi connectivity index (χ0) is 37.4. The Morgan fingerprint density at radius 2 is 1.57 bits per heavy atom. The highest BCUT2D eigenvalue weighted by molar-refractivity contribution is 5.98. The predicted molar refractivity (Wildman–Crippen MR) is 198 cm³/mol. The van der Waals surface area contributed by atoms with Gasteiger partial charge in [-0.2, -0.15) is 0 Å². The summed E-state index contributed by atoms with van der Waals surface area (Å²) in [6.45, 7) is 5.19. The minimum Gasteiger partial charge on any atom is -0.444 e. The van der Waals surface area contributed by atoms with Crippen LogP contribution in [-0.2, 0) is 43.2 Å². The van der Waals surface area contributed by atoms with Gasteiger partial charge in [0.1, 0.15) is 29.8 Å². The SMILES string of the molecule is CC(C)(C)OC(=O)N[C@@H](Cc1c[nH]c2ccccc12)C(=O)NC1CC2c3[nH]c4ccccc4c3CC(C(=O)N[C@@H](Cc3ccccc3)C(N)=O)N2C1=O. The fraction of sp³-hybridized carbons (Fsp3) is 0.325. The van der Waals surface area contributed by atoms with Crippen LogP contribution in [0.25, 0.3) is 21.8 Å². The number of primary amides is 1. The number of nitrogens with zero attached hydrogens (tertiary/aromatic N) is 1.